The normalized spacial score (nSPS) is 11.1. The summed E-state index contributed by atoms with van der Waals surface area (Å²) in [4.78, 5) is 0. The number of halogens is 3. The van der Waals surface area contributed by atoms with Crippen LogP contribution in [-0.4, -0.2) is 6.61 Å². The minimum atomic E-state index is 0.382. The first kappa shape index (κ1) is 22.4. The molecule has 0 aliphatic carbocycles. The summed E-state index contributed by atoms with van der Waals surface area (Å²) in [6.07, 6.45) is 1.83. The summed E-state index contributed by atoms with van der Waals surface area (Å²) in [5.74, 6) is 1.23. The van der Waals surface area contributed by atoms with Crippen LogP contribution in [0.15, 0.2) is 69.6 Å². The van der Waals surface area contributed by atoms with Crippen LogP contribution in [0.4, 0.5) is 0 Å². The van der Waals surface area contributed by atoms with Crippen LogP contribution in [0.2, 0.25) is 5.02 Å². The van der Waals surface area contributed by atoms with Gasteiger partial charge in [0.05, 0.1) is 22.7 Å². The molecule has 30 heavy (non-hydrogen) atoms. The molecule has 3 aromatic rings. The molecule has 3 nitrogen and oxygen atoms in total. The molecule has 0 saturated carbocycles. The van der Waals surface area contributed by atoms with E-state index in [1.54, 1.807) is 0 Å². The van der Waals surface area contributed by atoms with Crippen LogP contribution in [0.1, 0.15) is 23.6 Å². The Kier molecular flexibility index (Phi) is 7.98. The SMILES string of the molecule is CCOc1cc(C=C(C#N)c2ccc(Br)cc2)cc(Br)c1OCc1ccc(Cl)cc1. The Morgan fingerprint density at radius 3 is 2.37 bits per heavy atom. The Labute approximate surface area is 198 Å². The molecule has 0 unspecified atom stereocenters. The summed E-state index contributed by atoms with van der Waals surface area (Å²) in [6, 6.07) is 21.2. The second-order valence-corrected chi connectivity index (χ2v) is 8.56. The third-order valence-electron chi connectivity index (χ3n) is 4.21. The molecule has 3 aromatic carbocycles. The van der Waals surface area contributed by atoms with Gasteiger partial charge >= 0.3 is 0 Å². The van der Waals surface area contributed by atoms with E-state index >= 15 is 0 Å². The first-order valence-corrected chi connectivity index (χ1v) is 11.2. The average Bonchev–Trinajstić information content (AvgIpc) is 2.73. The Bertz CT molecular complexity index is 1090. The molecule has 0 N–H and O–H groups in total. The van der Waals surface area contributed by atoms with Gasteiger partial charge in [-0.25, -0.2) is 0 Å². The van der Waals surface area contributed by atoms with Crippen molar-refractivity contribution >= 4 is 55.1 Å². The van der Waals surface area contributed by atoms with Gasteiger partial charge in [0.25, 0.3) is 0 Å². The van der Waals surface area contributed by atoms with Crippen LogP contribution in [0, 0.1) is 11.3 Å². The maximum Gasteiger partial charge on any atom is 0.175 e. The average molecular weight is 548 g/mol. The molecule has 0 spiro atoms. The molecule has 0 amide bonds. The quantitative estimate of drug-likeness (QED) is 0.223. The lowest BCUT2D eigenvalue weighted by molar-refractivity contribution is 0.267. The van der Waals surface area contributed by atoms with E-state index in [1.807, 2.05) is 73.7 Å². The Hall–Kier alpha value is -2.26. The standard InChI is InChI=1S/C24H18Br2ClNO2/c1-2-29-23-13-17(11-19(14-28)18-5-7-20(25)8-6-18)12-22(26)24(23)30-15-16-3-9-21(27)10-4-16/h3-13H,2,15H2,1H3. The number of rotatable bonds is 7. The lowest BCUT2D eigenvalue weighted by Gasteiger charge is -2.15. The number of hydrogen-bond donors (Lipinski definition) is 0. The second-order valence-electron chi connectivity index (χ2n) is 6.35. The fraction of sp³-hybridized carbons (Fsp3) is 0.125. The summed E-state index contributed by atoms with van der Waals surface area (Å²) in [5, 5.41) is 10.3. The number of nitriles is 1. The minimum Gasteiger partial charge on any atom is -0.490 e. The first-order chi connectivity index (χ1) is 14.5. The van der Waals surface area contributed by atoms with Crippen molar-refractivity contribution in [1.29, 1.82) is 5.26 Å². The van der Waals surface area contributed by atoms with Crippen molar-refractivity contribution in [2.24, 2.45) is 0 Å². The van der Waals surface area contributed by atoms with Crippen molar-refractivity contribution in [1.82, 2.24) is 0 Å². The molecule has 0 aromatic heterocycles. The highest BCUT2D eigenvalue weighted by Gasteiger charge is 2.13. The van der Waals surface area contributed by atoms with E-state index < -0.39 is 0 Å². The van der Waals surface area contributed by atoms with Crippen molar-refractivity contribution in [2.75, 3.05) is 6.61 Å². The highest BCUT2D eigenvalue weighted by atomic mass is 79.9. The summed E-state index contributed by atoms with van der Waals surface area (Å²) in [6.45, 7) is 2.80. The predicted molar refractivity (Wildman–Crippen MR) is 129 cm³/mol. The van der Waals surface area contributed by atoms with Gasteiger partial charge in [-0.1, -0.05) is 51.8 Å². The van der Waals surface area contributed by atoms with Crippen LogP contribution < -0.4 is 9.47 Å². The number of nitrogens with zero attached hydrogens (tertiary/aromatic N) is 1. The fourth-order valence-corrected chi connectivity index (χ4v) is 3.75. The van der Waals surface area contributed by atoms with Crippen LogP contribution in [0.3, 0.4) is 0 Å². The van der Waals surface area contributed by atoms with Gasteiger partial charge in [-0.2, -0.15) is 5.26 Å². The summed E-state index contributed by atoms with van der Waals surface area (Å²) in [5.41, 5.74) is 3.24. The fourth-order valence-electron chi connectivity index (χ4n) is 2.79. The maximum atomic E-state index is 9.63. The molecule has 0 radical (unpaired) electrons. The summed E-state index contributed by atoms with van der Waals surface area (Å²) >= 11 is 12.9. The van der Waals surface area contributed by atoms with Crippen LogP contribution in [0.25, 0.3) is 11.6 Å². The van der Waals surface area contributed by atoms with Crippen LogP contribution >= 0.6 is 43.5 Å². The molecule has 6 heteroatoms. The van der Waals surface area contributed by atoms with Gasteiger partial charge in [0.1, 0.15) is 6.61 Å². The third kappa shape index (κ3) is 5.89. The Morgan fingerprint density at radius 1 is 1.03 bits per heavy atom. The third-order valence-corrected chi connectivity index (χ3v) is 5.58. The van der Waals surface area contributed by atoms with Gasteiger partial charge in [0.2, 0.25) is 0 Å². The van der Waals surface area contributed by atoms with Crippen molar-refractivity contribution in [2.45, 2.75) is 13.5 Å². The lowest BCUT2D eigenvalue weighted by Crippen LogP contribution is -2.01. The van der Waals surface area contributed by atoms with Crippen molar-refractivity contribution < 1.29 is 9.47 Å². The molecule has 152 valence electrons. The topological polar surface area (TPSA) is 42.2 Å². The summed E-state index contributed by atoms with van der Waals surface area (Å²) < 4.78 is 13.5. The van der Waals surface area contributed by atoms with Gasteiger partial charge in [0, 0.05) is 9.50 Å². The van der Waals surface area contributed by atoms with Gasteiger partial charge in [-0.3, -0.25) is 0 Å². The van der Waals surface area contributed by atoms with Gasteiger partial charge in [-0.05, 0) is 82.0 Å². The molecule has 0 saturated heterocycles. The molecular weight excluding hydrogens is 530 g/mol. The van der Waals surface area contributed by atoms with Gasteiger partial charge in [-0.15, -0.1) is 0 Å². The van der Waals surface area contributed by atoms with E-state index in [-0.39, 0.29) is 0 Å². The van der Waals surface area contributed by atoms with E-state index in [4.69, 9.17) is 21.1 Å². The second kappa shape index (κ2) is 10.7. The van der Waals surface area contributed by atoms with E-state index in [1.165, 1.54) is 0 Å². The Morgan fingerprint density at radius 2 is 1.73 bits per heavy atom. The largest absolute Gasteiger partial charge is 0.490 e. The molecule has 0 aliphatic rings. The molecule has 0 fully saturated rings. The molecule has 0 aliphatic heterocycles. The summed E-state index contributed by atoms with van der Waals surface area (Å²) in [7, 11) is 0. The lowest BCUT2D eigenvalue weighted by atomic mass is 10.0. The molecular formula is C24H18Br2ClNO2. The number of ether oxygens (including phenoxy) is 2. The van der Waals surface area contributed by atoms with E-state index in [0.717, 1.165) is 25.6 Å². The predicted octanol–water partition coefficient (Wildman–Crippen LogP) is 7.91. The highest BCUT2D eigenvalue weighted by molar-refractivity contribution is 9.10. The molecule has 0 bridgehead atoms. The zero-order chi connectivity index (χ0) is 21.5. The van der Waals surface area contributed by atoms with E-state index in [0.29, 0.717) is 35.3 Å². The van der Waals surface area contributed by atoms with Gasteiger partial charge < -0.3 is 9.47 Å². The minimum absolute atomic E-state index is 0.382. The zero-order valence-electron chi connectivity index (χ0n) is 16.2. The van der Waals surface area contributed by atoms with Crippen LogP contribution in [-0.2, 0) is 6.61 Å². The smallest absolute Gasteiger partial charge is 0.175 e. The van der Waals surface area contributed by atoms with Crippen LogP contribution in [0.5, 0.6) is 11.5 Å². The number of hydrogen-bond acceptors (Lipinski definition) is 3. The Balaban J connectivity index is 1.90. The molecule has 3 rings (SSSR count). The van der Waals surface area contributed by atoms with E-state index in [2.05, 4.69) is 37.9 Å². The van der Waals surface area contributed by atoms with Crippen molar-refractivity contribution in [3.05, 3.63) is 91.3 Å². The van der Waals surface area contributed by atoms with Crippen molar-refractivity contribution in [3.8, 4) is 17.6 Å². The molecule has 0 heterocycles. The maximum absolute atomic E-state index is 9.63. The van der Waals surface area contributed by atoms with Gasteiger partial charge in [0.15, 0.2) is 11.5 Å². The zero-order valence-corrected chi connectivity index (χ0v) is 20.1. The van der Waals surface area contributed by atoms with E-state index in [9.17, 15) is 5.26 Å². The first-order valence-electron chi connectivity index (χ1n) is 9.21. The number of allylic oxidation sites excluding steroid dienone is 1. The molecule has 0 atom stereocenters. The highest BCUT2D eigenvalue weighted by Crippen LogP contribution is 2.38. The monoisotopic (exact) mass is 545 g/mol. The number of benzene rings is 3. The van der Waals surface area contributed by atoms with Crippen molar-refractivity contribution in [3.63, 3.8) is 0 Å².